The number of pyridine rings is 1. The lowest BCUT2D eigenvalue weighted by Gasteiger charge is -1.98. The fourth-order valence-corrected chi connectivity index (χ4v) is 3.10. The molecule has 0 unspecified atom stereocenters. The fourth-order valence-electron chi connectivity index (χ4n) is 2.32. The zero-order chi connectivity index (χ0) is 17.9. The van der Waals surface area contributed by atoms with E-state index in [1.807, 2.05) is 36.6 Å². The van der Waals surface area contributed by atoms with Crippen molar-refractivity contribution in [1.29, 1.82) is 0 Å². The van der Waals surface area contributed by atoms with Crippen LogP contribution in [0.2, 0.25) is 0 Å². The fraction of sp³-hybridized carbons (Fsp3) is 0.118. The predicted octanol–water partition coefficient (Wildman–Crippen LogP) is 3.07. The van der Waals surface area contributed by atoms with Gasteiger partial charge < -0.3 is 4.42 Å². The molecule has 4 heterocycles. The number of aromatic amines is 1. The van der Waals surface area contributed by atoms with Crippen LogP contribution < -0.4 is 5.32 Å². The highest BCUT2D eigenvalue weighted by molar-refractivity contribution is 7.13. The Kier molecular flexibility index (Phi) is 4.28. The van der Waals surface area contributed by atoms with E-state index in [-0.39, 0.29) is 18.3 Å². The summed E-state index contributed by atoms with van der Waals surface area (Å²) in [5.74, 6) is 1.97. The summed E-state index contributed by atoms with van der Waals surface area (Å²) in [4.78, 5) is 25.0. The number of thiazole rings is 1. The molecule has 0 bridgehead atoms. The van der Waals surface area contributed by atoms with Gasteiger partial charge in [0.05, 0.1) is 12.1 Å². The zero-order valence-corrected chi connectivity index (χ0v) is 14.6. The van der Waals surface area contributed by atoms with E-state index >= 15 is 0 Å². The molecule has 4 aromatic heterocycles. The van der Waals surface area contributed by atoms with Gasteiger partial charge in [0, 0.05) is 11.6 Å². The van der Waals surface area contributed by atoms with E-state index in [2.05, 4.69) is 30.5 Å². The molecule has 0 aliphatic rings. The molecule has 0 spiro atoms. The van der Waals surface area contributed by atoms with Crippen molar-refractivity contribution in [3.05, 3.63) is 53.4 Å². The topological polar surface area (TPSA) is 110 Å². The Bertz CT molecular complexity index is 1040. The molecule has 2 N–H and O–H groups in total. The Morgan fingerprint density at radius 1 is 1.27 bits per heavy atom. The molecule has 1 amide bonds. The molecule has 26 heavy (non-hydrogen) atoms. The first kappa shape index (κ1) is 16.2. The van der Waals surface area contributed by atoms with Crippen molar-refractivity contribution < 1.29 is 9.21 Å². The van der Waals surface area contributed by atoms with E-state index in [0.717, 1.165) is 10.8 Å². The van der Waals surface area contributed by atoms with E-state index in [0.29, 0.717) is 23.0 Å². The molecule has 0 radical (unpaired) electrons. The van der Waals surface area contributed by atoms with Gasteiger partial charge in [-0.1, -0.05) is 6.07 Å². The maximum absolute atomic E-state index is 12.2. The van der Waals surface area contributed by atoms with Crippen LogP contribution in [0, 0.1) is 6.92 Å². The van der Waals surface area contributed by atoms with Crippen molar-refractivity contribution >= 4 is 23.2 Å². The largest absolute Gasteiger partial charge is 0.459 e. The van der Waals surface area contributed by atoms with Crippen LogP contribution in [0.15, 0.2) is 46.3 Å². The lowest BCUT2D eigenvalue weighted by atomic mass is 10.3. The molecule has 0 atom stereocenters. The summed E-state index contributed by atoms with van der Waals surface area (Å²) < 4.78 is 5.55. The molecule has 0 aliphatic carbocycles. The Morgan fingerprint density at radius 2 is 2.19 bits per heavy atom. The third-order valence-corrected chi connectivity index (χ3v) is 4.39. The second-order valence-corrected chi connectivity index (χ2v) is 6.36. The van der Waals surface area contributed by atoms with Crippen molar-refractivity contribution in [2.75, 3.05) is 5.32 Å². The SMILES string of the molecule is Cc1ccc(-c2nc(CC(=O)Nc3n[nH]c(-c4ccccn4)n3)cs2)o1. The van der Waals surface area contributed by atoms with Crippen LogP contribution in [-0.4, -0.2) is 31.1 Å². The van der Waals surface area contributed by atoms with Gasteiger partial charge in [0.25, 0.3) is 0 Å². The Labute approximate surface area is 152 Å². The molecule has 0 fully saturated rings. The highest BCUT2D eigenvalue weighted by Gasteiger charge is 2.13. The number of hydrogen-bond donors (Lipinski definition) is 2. The second-order valence-electron chi connectivity index (χ2n) is 5.50. The molecule has 0 saturated carbocycles. The average molecular weight is 366 g/mol. The highest BCUT2D eigenvalue weighted by atomic mass is 32.1. The third-order valence-electron chi connectivity index (χ3n) is 3.49. The summed E-state index contributed by atoms with van der Waals surface area (Å²) in [6.07, 6.45) is 1.79. The number of amides is 1. The number of nitrogens with zero attached hydrogens (tertiary/aromatic N) is 4. The first-order valence-electron chi connectivity index (χ1n) is 7.82. The molecule has 4 rings (SSSR count). The van der Waals surface area contributed by atoms with Crippen LogP contribution in [0.4, 0.5) is 5.95 Å². The smallest absolute Gasteiger partial charge is 0.249 e. The lowest BCUT2D eigenvalue weighted by molar-refractivity contribution is -0.115. The summed E-state index contributed by atoms with van der Waals surface area (Å²) >= 11 is 1.44. The van der Waals surface area contributed by atoms with Gasteiger partial charge in [-0.3, -0.25) is 20.2 Å². The number of carbonyl (C=O) groups excluding carboxylic acids is 1. The van der Waals surface area contributed by atoms with E-state index < -0.39 is 0 Å². The van der Waals surface area contributed by atoms with Crippen LogP contribution in [0.3, 0.4) is 0 Å². The summed E-state index contributed by atoms with van der Waals surface area (Å²) in [6.45, 7) is 1.88. The Balaban J connectivity index is 1.40. The molecule has 8 nitrogen and oxygen atoms in total. The number of nitrogens with one attached hydrogen (secondary N) is 2. The number of furan rings is 1. The van der Waals surface area contributed by atoms with Crippen molar-refractivity contribution in [2.24, 2.45) is 0 Å². The van der Waals surface area contributed by atoms with Gasteiger partial charge in [0.2, 0.25) is 11.9 Å². The molecule has 130 valence electrons. The molecule has 4 aromatic rings. The monoisotopic (exact) mass is 366 g/mol. The Hall–Kier alpha value is -3.33. The van der Waals surface area contributed by atoms with Gasteiger partial charge in [-0.05, 0) is 31.2 Å². The molecular weight excluding hydrogens is 352 g/mol. The van der Waals surface area contributed by atoms with Gasteiger partial charge in [-0.25, -0.2) is 4.98 Å². The number of H-pyrrole nitrogens is 1. The average Bonchev–Trinajstić information content (AvgIpc) is 3.37. The number of aryl methyl sites for hydroxylation is 1. The minimum absolute atomic E-state index is 0.129. The van der Waals surface area contributed by atoms with Crippen molar-refractivity contribution in [1.82, 2.24) is 25.1 Å². The van der Waals surface area contributed by atoms with E-state index in [1.165, 1.54) is 11.3 Å². The molecule has 0 aliphatic heterocycles. The summed E-state index contributed by atoms with van der Waals surface area (Å²) in [5, 5.41) is 12.0. The maximum Gasteiger partial charge on any atom is 0.249 e. The maximum atomic E-state index is 12.2. The first-order chi connectivity index (χ1) is 12.7. The Morgan fingerprint density at radius 3 is 2.96 bits per heavy atom. The molecular formula is C17H14N6O2S. The molecule has 9 heteroatoms. The standard InChI is InChI=1S/C17H14N6O2S/c1-10-5-6-13(25-10)16-19-11(9-26-16)8-14(24)20-17-21-15(22-23-17)12-4-2-3-7-18-12/h2-7,9H,8H2,1H3,(H2,20,21,22,23,24). The minimum Gasteiger partial charge on any atom is -0.459 e. The minimum atomic E-state index is -0.246. The van der Waals surface area contributed by atoms with Crippen LogP contribution in [0.1, 0.15) is 11.5 Å². The number of hydrogen-bond acceptors (Lipinski definition) is 7. The summed E-state index contributed by atoms with van der Waals surface area (Å²) in [6, 6.07) is 9.22. The summed E-state index contributed by atoms with van der Waals surface area (Å²) in [5.41, 5.74) is 1.32. The zero-order valence-electron chi connectivity index (χ0n) is 13.8. The molecule has 0 saturated heterocycles. The normalized spacial score (nSPS) is 10.8. The van der Waals surface area contributed by atoms with Crippen LogP contribution >= 0.6 is 11.3 Å². The predicted molar refractivity (Wildman–Crippen MR) is 96.5 cm³/mol. The van der Waals surface area contributed by atoms with Gasteiger partial charge in [0.15, 0.2) is 16.6 Å². The number of carbonyl (C=O) groups is 1. The van der Waals surface area contributed by atoms with Crippen LogP contribution in [0.5, 0.6) is 0 Å². The second kappa shape index (κ2) is 6.89. The van der Waals surface area contributed by atoms with Crippen molar-refractivity contribution in [2.45, 2.75) is 13.3 Å². The van der Waals surface area contributed by atoms with E-state index in [9.17, 15) is 4.79 Å². The molecule has 0 aromatic carbocycles. The third kappa shape index (κ3) is 3.52. The number of rotatable bonds is 5. The van der Waals surface area contributed by atoms with Gasteiger partial charge in [0.1, 0.15) is 11.5 Å². The number of anilines is 1. The van der Waals surface area contributed by atoms with Gasteiger partial charge in [-0.2, -0.15) is 4.98 Å². The van der Waals surface area contributed by atoms with Gasteiger partial charge in [-0.15, -0.1) is 16.4 Å². The van der Waals surface area contributed by atoms with Crippen molar-refractivity contribution in [3.63, 3.8) is 0 Å². The van der Waals surface area contributed by atoms with Gasteiger partial charge >= 0.3 is 0 Å². The van der Waals surface area contributed by atoms with Crippen molar-refractivity contribution in [3.8, 4) is 22.3 Å². The van der Waals surface area contributed by atoms with Crippen LogP contribution in [0.25, 0.3) is 22.3 Å². The lowest BCUT2D eigenvalue weighted by Crippen LogP contribution is -2.15. The summed E-state index contributed by atoms with van der Waals surface area (Å²) in [7, 11) is 0. The van der Waals surface area contributed by atoms with Crippen LogP contribution in [-0.2, 0) is 11.2 Å². The van der Waals surface area contributed by atoms with E-state index in [4.69, 9.17) is 4.42 Å². The quantitative estimate of drug-likeness (QED) is 0.562. The first-order valence-corrected chi connectivity index (χ1v) is 8.70. The number of aromatic nitrogens is 5. The highest BCUT2D eigenvalue weighted by Crippen LogP contribution is 2.25. The van der Waals surface area contributed by atoms with E-state index in [1.54, 1.807) is 12.3 Å².